The molecule has 1 atom stereocenters. The van der Waals surface area contributed by atoms with Crippen molar-refractivity contribution in [1.82, 2.24) is 5.32 Å². The van der Waals surface area contributed by atoms with Gasteiger partial charge in [-0.25, -0.2) is 0 Å². The predicted octanol–water partition coefficient (Wildman–Crippen LogP) is 2.21. The van der Waals surface area contributed by atoms with Crippen LogP contribution in [-0.2, 0) is 4.79 Å². The molecule has 0 heterocycles. The van der Waals surface area contributed by atoms with Gasteiger partial charge in [0, 0.05) is 11.2 Å². The molecule has 108 valence electrons. The molecule has 5 heteroatoms. The lowest BCUT2D eigenvalue weighted by atomic mass is 10.0. The number of nitrogens with zero attached hydrogens (tertiary/aromatic N) is 1. The molecule has 0 saturated heterocycles. The summed E-state index contributed by atoms with van der Waals surface area (Å²) in [5, 5.41) is 11.9. The molecule has 0 aliphatic rings. The summed E-state index contributed by atoms with van der Waals surface area (Å²) in [5.41, 5.74) is 6.13. The zero-order chi connectivity index (χ0) is 15.3. The Morgan fingerprint density at radius 2 is 2.20 bits per heavy atom. The molecule has 0 bridgehead atoms. The number of ether oxygens (including phenoxy) is 1. The van der Waals surface area contributed by atoms with E-state index in [2.05, 4.69) is 5.32 Å². The Labute approximate surface area is 119 Å². The minimum atomic E-state index is -0.684. The minimum absolute atomic E-state index is 0.211. The Balaban J connectivity index is 2.79. The second-order valence-electron chi connectivity index (χ2n) is 5.35. The van der Waals surface area contributed by atoms with E-state index in [1.54, 1.807) is 19.1 Å². The third-order valence-electron chi connectivity index (χ3n) is 3.14. The largest absolute Gasteiger partial charge is 0.480 e. The first-order valence-corrected chi connectivity index (χ1v) is 6.57. The first-order valence-electron chi connectivity index (χ1n) is 6.57. The molecule has 0 spiro atoms. The van der Waals surface area contributed by atoms with Crippen molar-refractivity contribution in [2.75, 3.05) is 5.73 Å². The smallest absolute Gasteiger partial charge is 0.261 e. The molecule has 1 aromatic rings. The number of benzene rings is 1. The molecule has 1 unspecified atom stereocenters. The van der Waals surface area contributed by atoms with E-state index in [0.29, 0.717) is 17.0 Å². The number of carbonyl (C=O) groups is 1. The van der Waals surface area contributed by atoms with Gasteiger partial charge in [-0.05, 0) is 45.4 Å². The van der Waals surface area contributed by atoms with E-state index in [0.717, 1.165) is 6.42 Å². The Kier molecular flexibility index (Phi) is 4.98. The number of anilines is 1. The van der Waals surface area contributed by atoms with Crippen molar-refractivity contribution in [2.45, 2.75) is 45.8 Å². The van der Waals surface area contributed by atoms with E-state index < -0.39 is 6.10 Å². The van der Waals surface area contributed by atoms with E-state index in [1.807, 2.05) is 26.8 Å². The summed E-state index contributed by atoms with van der Waals surface area (Å²) < 4.78 is 5.55. The van der Waals surface area contributed by atoms with Gasteiger partial charge in [-0.3, -0.25) is 4.79 Å². The Morgan fingerprint density at radius 3 is 2.75 bits per heavy atom. The molecule has 0 aliphatic carbocycles. The Morgan fingerprint density at radius 1 is 1.55 bits per heavy atom. The minimum Gasteiger partial charge on any atom is -0.480 e. The van der Waals surface area contributed by atoms with Crippen molar-refractivity contribution >= 4 is 11.6 Å². The number of nitrogens with one attached hydrogen (secondary N) is 1. The predicted molar refractivity (Wildman–Crippen MR) is 78.2 cm³/mol. The van der Waals surface area contributed by atoms with Crippen LogP contribution >= 0.6 is 0 Å². The molecule has 0 aliphatic heterocycles. The average Bonchev–Trinajstić information content (AvgIpc) is 2.40. The topological polar surface area (TPSA) is 88.1 Å². The van der Waals surface area contributed by atoms with Crippen LogP contribution in [0, 0.1) is 11.3 Å². The SMILES string of the molecule is CCC(C)(C)NC(=O)C(C)Oc1ccc(N)cc1C#N. The summed E-state index contributed by atoms with van der Waals surface area (Å²) in [7, 11) is 0. The van der Waals surface area contributed by atoms with E-state index in [4.69, 9.17) is 15.7 Å². The number of carbonyl (C=O) groups excluding carboxylic acids is 1. The summed E-state index contributed by atoms with van der Waals surface area (Å²) in [6.07, 6.45) is 0.132. The maximum atomic E-state index is 12.0. The number of hydrogen-bond donors (Lipinski definition) is 2. The molecule has 1 amide bonds. The van der Waals surface area contributed by atoms with Crippen LogP contribution < -0.4 is 15.8 Å². The van der Waals surface area contributed by atoms with E-state index in [9.17, 15) is 4.79 Å². The summed E-state index contributed by atoms with van der Waals surface area (Å²) >= 11 is 0. The van der Waals surface area contributed by atoms with Crippen molar-refractivity contribution in [3.63, 3.8) is 0 Å². The average molecular weight is 275 g/mol. The number of nitriles is 1. The van der Waals surface area contributed by atoms with Crippen LogP contribution in [0.25, 0.3) is 0 Å². The zero-order valence-electron chi connectivity index (χ0n) is 12.4. The zero-order valence-corrected chi connectivity index (χ0v) is 12.4. The molecule has 1 rings (SSSR count). The maximum absolute atomic E-state index is 12.0. The lowest BCUT2D eigenvalue weighted by molar-refractivity contribution is -0.128. The molecule has 0 saturated carbocycles. The second-order valence-corrected chi connectivity index (χ2v) is 5.35. The highest BCUT2D eigenvalue weighted by atomic mass is 16.5. The normalized spacial score (nSPS) is 12.3. The molecule has 3 N–H and O–H groups in total. The number of rotatable bonds is 5. The van der Waals surface area contributed by atoms with Gasteiger partial charge in [0.05, 0.1) is 5.56 Å². The van der Waals surface area contributed by atoms with Gasteiger partial charge in [0.25, 0.3) is 5.91 Å². The van der Waals surface area contributed by atoms with Crippen LogP contribution in [0.3, 0.4) is 0 Å². The van der Waals surface area contributed by atoms with E-state index >= 15 is 0 Å². The number of nitrogen functional groups attached to an aromatic ring is 1. The van der Waals surface area contributed by atoms with E-state index in [1.165, 1.54) is 6.07 Å². The lowest BCUT2D eigenvalue weighted by Gasteiger charge is -2.26. The fraction of sp³-hybridized carbons (Fsp3) is 0.467. The monoisotopic (exact) mass is 275 g/mol. The standard InChI is InChI=1S/C15H21N3O2/c1-5-15(3,4)18-14(19)10(2)20-13-7-6-12(17)8-11(13)9-16/h6-8,10H,5,17H2,1-4H3,(H,18,19). The van der Waals surface area contributed by atoms with Crippen LogP contribution in [0.4, 0.5) is 5.69 Å². The van der Waals surface area contributed by atoms with Gasteiger partial charge in [-0.15, -0.1) is 0 Å². The molecule has 1 aromatic carbocycles. The maximum Gasteiger partial charge on any atom is 0.261 e. The van der Waals surface area contributed by atoms with Gasteiger partial charge in [-0.2, -0.15) is 5.26 Å². The van der Waals surface area contributed by atoms with E-state index in [-0.39, 0.29) is 11.4 Å². The van der Waals surface area contributed by atoms with Crippen LogP contribution in [0.15, 0.2) is 18.2 Å². The van der Waals surface area contributed by atoms with Crippen molar-refractivity contribution in [3.8, 4) is 11.8 Å². The van der Waals surface area contributed by atoms with Gasteiger partial charge in [0.15, 0.2) is 6.10 Å². The summed E-state index contributed by atoms with van der Waals surface area (Å²) in [6.45, 7) is 7.54. The van der Waals surface area contributed by atoms with Gasteiger partial charge in [0.1, 0.15) is 11.8 Å². The van der Waals surface area contributed by atoms with Crippen molar-refractivity contribution in [2.24, 2.45) is 0 Å². The highest BCUT2D eigenvalue weighted by molar-refractivity contribution is 5.81. The van der Waals surface area contributed by atoms with Crippen LogP contribution in [0.1, 0.15) is 39.7 Å². The van der Waals surface area contributed by atoms with Gasteiger partial charge >= 0.3 is 0 Å². The van der Waals surface area contributed by atoms with Crippen molar-refractivity contribution < 1.29 is 9.53 Å². The highest BCUT2D eigenvalue weighted by Crippen LogP contribution is 2.22. The first kappa shape index (κ1) is 15.8. The fourth-order valence-electron chi connectivity index (χ4n) is 1.51. The van der Waals surface area contributed by atoms with Crippen molar-refractivity contribution in [3.05, 3.63) is 23.8 Å². The van der Waals surface area contributed by atoms with Crippen LogP contribution in [0.2, 0.25) is 0 Å². The van der Waals surface area contributed by atoms with Crippen LogP contribution in [0.5, 0.6) is 5.75 Å². The Bertz CT molecular complexity index is 532. The van der Waals surface area contributed by atoms with Crippen LogP contribution in [-0.4, -0.2) is 17.6 Å². The molecular formula is C15H21N3O2. The lowest BCUT2D eigenvalue weighted by Crippen LogP contribution is -2.48. The summed E-state index contributed by atoms with van der Waals surface area (Å²) in [4.78, 5) is 12.0. The van der Waals surface area contributed by atoms with Gasteiger partial charge in [0.2, 0.25) is 0 Å². The third-order valence-corrected chi connectivity index (χ3v) is 3.14. The summed E-state index contributed by atoms with van der Waals surface area (Å²) in [5.74, 6) is 0.149. The van der Waals surface area contributed by atoms with Gasteiger partial charge < -0.3 is 15.8 Å². The molecular weight excluding hydrogens is 254 g/mol. The number of nitrogens with two attached hydrogens (primary N) is 1. The first-order chi connectivity index (χ1) is 9.29. The quantitative estimate of drug-likeness (QED) is 0.806. The van der Waals surface area contributed by atoms with Crippen molar-refractivity contribution in [1.29, 1.82) is 5.26 Å². The third kappa shape index (κ3) is 4.16. The number of hydrogen-bond acceptors (Lipinski definition) is 4. The number of amides is 1. The Hall–Kier alpha value is -2.22. The highest BCUT2D eigenvalue weighted by Gasteiger charge is 2.23. The molecule has 0 fully saturated rings. The molecule has 5 nitrogen and oxygen atoms in total. The molecule has 20 heavy (non-hydrogen) atoms. The fourth-order valence-corrected chi connectivity index (χ4v) is 1.51. The second kappa shape index (κ2) is 6.29. The molecule has 0 radical (unpaired) electrons. The summed E-state index contributed by atoms with van der Waals surface area (Å²) in [6, 6.07) is 6.76. The van der Waals surface area contributed by atoms with Gasteiger partial charge in [-0.1, -0.05) is 6.92 Å². The molecule has 0 aromatic heterocycles.